The fourth-order valence-corrected chi connectivity index (χ4v) is 2.30. The summed E-state index contributed by atoms with van der Waals surface area (Å²) in [5.41, 5.74) is 0.288. The van der Waals surface area contributed by atoms with E-state index in [0.717, 1.165) is 19.4 Å². The lowest BCUT2D eigenvalue weighted by molar-refractivity contribution is -0.128. The minimum Gasteiger partial charge on any atom is -0.338 e. The second-order valence-corrected chi connectivity index (χ2v) is 3.74. The average molecular weight is 154 g/mol. The zero-order valence-electron chi connectivity index (χ0n) is 7.05. The van der Waals surface area contributed by atoms with Gasteiger partial charge in [-0.2, -0.15) is 0 Å². The van der Waals surface area contributed by atoms with Crippen LogP contribution in [0.15, 0.2) is 0 Å². The van der Waals surface area contributed by atoms with E-state index in [1.807, 2.05) is 11.9 Å². The van der Waals surface area contributed by atoms with Crippen molar-refractivity contribution < 1.29 is 4.79 Å². The van der Waals surface area contributed by atoms with Crippen LogP contribution in [0.2, 0.25) is 0 Å². The third-order valence-electron chi connectivity index (χ3n) is 3.10. The van der Waals surface area contributed by atoms with E-state index < -0.39 is 0 Å². The number of carbonyl (C=O) groups excluding carboxylic acids is 1. The molecule has 2 saturated heterocycles. The van der Waals surface area contributed by atoms with E-state index in [-0.39, 0.29) is 11.4 Å². The highest BCUT2D eigenvalue weighted by molar-refractivity contribution is 5.75. The van der Waals surface area contributed by atoms with Crippen molar-refractivity contribution in [3.8, 4) is 0 Å². The summed E-state index contributed by atoms with van der Waals surface area (Å²) in [6.45, 7) is 2.58. The number of amides is 1. The number of nitrogens with zero attached hydrogens (tertiary/aromatic N) is 1. The lowest BCUT2D eigenvalue weighted by Crippen LogP contribution is -2.50. The monoisotopic (exact) mass is 154 g/mol. The quantitative estimate of drug-likeness (QED) is 0.575. The van der Waals surface area contributed by atoms with Crippen LogP contribution < -0.4 is 5.32 Å². The first-order valence-corrected chi connectivity index (χ1v) is 4.13. The van der Waals surface area contributed by atoms with Gasteiger partial charge in [0.25, 0.3) is 0 Å². The zero-order chi connectivity index (χ0) is 8.06. The highest BCUT2D eigenvalue weighted by atomic mass is 16.2. The molecule has 0 aromatic rings. The van der Waals surface area contributed by atoms with Gasteiger partial charge in [-0.3, -0.25) is 4.79 Å². The summed E-state index contributed by atoms with van der Waals surface area (Å²) in [5.74, 6) is 0.227. The van der Waals surface area contributed by atoms with E-state index in [1.165, 1.54) is 0 Å². The Morgan fingerprint density at radius 3 is 2.55 bits per heavy atom. The molecule has 1 saturated carbocycles. The van der Waals surface area contributed by atoms with Crippen LogP contribution in [0.4, 0.5) is 0 Å². The summed E-state index contributed by atoms with van der Waals surface area (Å²) in [6, 6.07) is 0.542. The largest absolute Gasteiger partial charge is 0.338 e. The number of rotatable bonds is 1. The Hall–Kier alpha value is -0.570. The fraction of sp³-hybridized carbons (Fsp3) is 0.875. The normalized spacial score (nSPS) is 40.5. The maximum Gasteiger partial charge on any atom is 0.219 e. The van der Waals surface area contributed by atoms with Gasteiger partial charge in [-0.25, -0.2) is 0 Å². The maximum absolute atomic E-state index is 11.0. The predicted molar refractivity (Wildman–Crippen MR) is 42.2 cm³/mol. The molecule has 3 fully saturated rings. The molecule has 3 heteroatoms. The molecule has 3 aliphatic rings. The Bertz CT molecular complexity index is 196. The second-order valence-electron chi connectivity index (χ2n) is 3.74. The first-order chi connectivity index (χ1) is 5.17. The second kappa shape index (κ2) is 1.97. The third-order valence-corrected chi connectivity index (χ3v) is 3.10. The molecule has 11 heavy (non-hydrogen) atoms. The van der Waals surface area contributed by atoms with Crippen molar-refractivity contribution in [2.24, 2.45) is 0 Å². The van der Waals surface area contributed by atoms with E-state index in [0.29, 0.717) is 6.04 Å². The molecule has 2 heterocycles. The molecule has 0 spiro atoms. The van der Waals surface area contributed by atoms with Crippen LogP contribution in [0.25, 0.3) is 0 Å². The van der Waals surface area contributed by atoms with Gasteiger partial charge in [0.2, 0.25) is 5.91 Å². The van der Waals surface area contributed by atoms with Crippen molar-refractivity contribution in [2.75, 3.05) is 13.6 Å². The van der Waals surface area contributed by atoms with E-state index in [2.05, 4.69) is 5.32 Å². The van der Waals surface area contributed by atoms with Crippen LogP contribution in [0.5, 0.6) is 0 Å². The number of fused-ring (bicyclic) bond motifs is 1. The van der Waals surface area contributed by atoms with Crippen LogP contribution in [-0.4, -0.2) is 36.0 Å². The van der Waals surface area contributed by atoms with Crippen molar-refractivity contribution >= 4 is 5.91 Å². The molecule has 0 aromatic heterocycles. The molecule has 2 aliphatic heterocycles. The molecule has 0 unspecified atom stereocenters. The Balaban J connectivity index is 2.08. The van der Waals surface area contributed by atoms with Crippen molar-refractivity contribution in [3.05, 3.63) is 0 Å². The minimum absolute atomic E-state index is 0.227. The van der Waals surface area contributed by atoms with E-state index >= 15 is 0 Å². The summed E-state index contributed by atoms with van der Waals surface area (Å²) in [5, 5.41) is 3.30. The number of likely N-dealkylation sites (N-methyl/N-ethyl adjacent to an activating group) is 1. The van der Waals surface area contributed by atoms with E-state index in [1.54, 1.807) is 6.92 Å². The zero-order valence-corrected chi connectivity index (χ0v) is 7.05. The van der Waals surface area contributed by atoms with Crippen molar-refractivity contribution in [3.63, 3.8) is 0 Å². The lowest BCUT2D eigenvalue weighted by Gasteiger charge is -2.36. The van der Waals surface area contributed by atoms with Gasteiger partial charge in [0, 0.05) is 25.0 Å². The molecule has 3 rings (SSSR count). The topological polar surface area (TPSA) is 32.3 Å². The highest BCUT2D eigenvalue weighted by Crippen LogP contribution is 2.43. The van der Waals surface area contributed by atoms with Gasteiger partial charge in [-0.05, 0) is 19.9 Å². The van der Waals surface area contributed by atoms with E-state index in [4.69, 9.17) is 0 Å². The fourth-order valence-electron chi connectivity index (χ4n) is 2.30. The molecule has 1 amide bonds. The molecule has 62 valence electrons. The predicted octanol–water partition coefficient (Wildman–Crippen LogP) is -0.0309. The highest BCUT2D eigenvalue weighted by Gasteiger charge is 2.54. The van der Waals surface area contributed by atoms with Crippen molar-refractivity contribution in [1.29, 1.82) is 0 Å². The van der Waals surface area contributed by atoms with Crippen LogP contribution in [0.1, 0.15) is 19.8 Å². The number of carbonyl (C=O) groups is 1. The van der Waals surface area contributed by atoms with Crippen LogP contribution in [0, 0.1) is 0 Å². The first-order valence-electron chi connectivity index (χ1n) is 4.13. The van der Waals surface area contributed by atoms with Gasteiger partial charge in [0.05, 0.1) is 0 Å². The standard InChI is InChI=1S/C8H14N2O/c1-6(11)10-5-8(9-2)3-7(10)4-8/h7,9H,3-5H2,1-2H3. The van der Waals surface area contributed by atoms with Crippen molar-refractivity contribution in [2.45, 2.75) is 31.3 Å². The summed E-state index contributed by atoms with van der Waals surface area (Å²) in [4.78, 5) is 13.0. The Kier molecular flexibility index (Phi) is 1.27. The lowest BCUT2D eigenvalue weighted by atomic mass is 9.78. The minimum atomic E-state index is 0.227. The molecule has 1 aliphatic carbocycles. The third kappa shape index (κ3) is 0.805. The average Bonchev–Trinajstić information content (AvgIpc) is 2.38. The van der Waals surface area contributed by atoms with Crippen molar-refractivity contribution in [1.82, 2.24) is 10.2 Å². The van der Waals surface area contributed by atoms with Crippen LogP contribution in [-0.2, 0) is 4.79 Å². The SMILES string of the molecule is CNC12CC(C1)N(C(C)=O)C2. The van der Waals surface area contributed by atoms with Crippen LogP contribution in [0.3, 0.4) is 0 Å². The molecule has 0 radical (unpaired) electrons. The van der Waals surface area contributed by atoms with Crippen LogP contribution >= 0.6 is 0 Å². The summed E-state index contributed by atoms with van der Waals surface area (Å²) >= 11 is 0. The molecule has 1 N–H and O–H groups in total. The van der Waals surface area contributed by atoms with Gasteiger partial charge in [-0.15, -0.1) is 0 Å². The smallest absolute Gasteiger partial charge is 0.219 e. The maximum atomic E-state index is 11.0. The van der Waals surface area contributed by atoms with Gasteiger partial charge in [0.15, 0.2) is 0 Å². The Morgan fingerprint density at radius 1 is 1.64 bits per heavy atom. The molecular formula is C8H14N2O. The number of hydrogen-bond donors (Lipinski definition) is 1. The summed E-state index contributed by atoms with van der Waals surface area (Å²) in [7, 11) is 1.99. The molecule has 3 nitrogen and oxygen atoms in total. The summed E-state index contributed by atoms with van der Waals surface area (Å²) in [6.07, 6.45) is 2.31. The molecular weight excluding hydrogens is 140 g/mol. The van der Waals surface area contributed by atoms with Gasteiger partial charge in [-0.1, -0.05) is 0 Å². The first kappa shape index (κ1) is 7.10. The Morgan fingerprint density at radius 2 is 2.27 bits per heavy atom. The molecule has 0 atom stereocenters. The van der Waals surface area contributed by atoms with Gasteiger partial charge in [0.1, 0.15) is 0 Å². The number of nitrogens with one attached hydrogen (secondary N) is 1. The van der Waals surface area contributed by atoms with Gasteiger partial charge < -0.3 is 10.2 Å². The van der Waals surface area contributed by atoms with E-state index in [9.17, 15) is 4.79 Å². The molecule has 2 bridgehead atoms. The van der Waals surface area contributed by atoms with Gasteiger partial charge >= 0.3 is 0 Å². The molecule has 0 aromatic carbocycles. The summed E-state index contributed by atoms with van der Waals surface area (Å²) < 4.78 is 0. The number of hydrogen-bond acceptors (Lipinski definition) is 2. The Labute approximate surface area is 66.8 Å².